The second kappa shape index (κ2) is 7.67. The minimum Gasteiger partial charge on any atom is -0.315 e. The van der Waals surface area contributed by atoms with Gasteiger partial charge in [-0.2, -0.15) is 13.5 Å². The molecular formula is C14H18N6O7S. The molecule has 2 aliphatic heterocycles. The van der Waals surface area contributed by atoms with Crippen LogP contribution in [0.1, 0.15) is 24.6 Å². The summed E-state index contributed by atoms with van der Waals surface area (Å²) in [6.45, 7) is 0.0356. The summed E-state index contributed by atoms with van der Waals surface area (Å²) >= 11 is 0. The number of rotatable bonds is 5. The minimum atomic E-state index is -4.87. The van der Waals surface area contributed by atoms with Gasteiger partial charge in [-0.25, -0.2) is 4.79 Å². The van der Waals surface area contributed by atoms with Crippen molar-refractivity contribution in [2.75, 3.05) is 6.54 Å². The highest BCUT2D eigenvalue weighted by Crippen LogP contribution is 2.30. The van der Waals surface area contributed by atoms with Gasteiger partial charge in [0.25, 0.3) is 11.8 Å². The lowest BCUT2D eigenvalue weighted by Gasteiger charge is -2.29. The number of urea groups is 1. The zero-order chi connectivity index (χ0) is 20.5. The van der Waals surface area contributed by atoms with E-state index in [1.54, 1.807) is 18.2 Å². The second-order valence-electron chi connectivity index (χ2n) is 6.22. The van der Waals surface area contributed by atoms with E-state index in [2.05, 4.69) is 20.1 Å². The van der Waals surface area contributed by atoms with Crippen molar-refractivity contribution in [3.05, 3.63) is 30.1 Å². The highest BCUT2D eigenvalue weighted by atomic mass is 32.3. The van der Waals surface area contributed by atoms with E-state index in [1.165, 1.54) is 6.20 Å². The van der Waals surface area contributed by atoms with Gasteiger partial charge in [0, 0.05) is 12.7 Å². The molecule has 3 heterocycles. The number of nitrogens with two attached hydrogens (primary N) is 1. The van der Waals surface area contributed by atoms with Crippen molar-refractivity contribution in [3.8, 4) is 0 Å². The van der Waals surface area contributed by atoms with Crippen LogP contribution in [0.3, 0.4) is 0 Å². The number of hydroxylamine groups is 2. The molecule has 0 aliphatic carbocycles. The Labute approximate surface area is 159 Å². The highest BCUT2D eigenvalue weighted by Gasteiger charge is 2.49. The second-order valence-corrected chi connectivity index (χ2v) is 7.23. The molecule has 2 bridgehead atoms. The number of fused-ring (bicyclic) bond motifs is 2. The fraction of sp³-hybridized carbons (Fsp3) is 0.429. The van der Waals surface area contributed by atoms with Gasteiger partial charge in [0.2, 0.25) is 0 Å². The molecule has 2 aliphatic rings. The standard InChI is InChI=1S/C14H18N6O7S/c15-11(9-3-1-2-6-16-9)13(22)18-17-12(21)10-5-4-8-7-19(10)14(23)20(8)27-28(24,25)26/h1-3,6,8,10-11H,4-5,7,15H2,(H,17,21)(H,18,22)(H,24,25,26). The van der Waals surface area contributed by atoms with Gasteiger partial charge in [0.15, 0.2) is 0 Å². The van der Waals surface area contributed by atoms with E-state index in [0.717, 1.165) is 4.90 Å². The molecule has 14 heteroatoms. The topological polar surface area (TPSA) is 184 Å². The molecule has 3 unspecified atom stereocenters. The molecular weight excluding hydrogens is 396 g/mol. The van der Waals surface area contributed by atoms with E-state index in [1.807, 2.05) is 0 Å². The highest BCUT2D eigenvalue weighted by molar-refractivity contribution is 7.80. The summed E-state index contributed by atoms with van der Waals surface area (Å²) < 4.78 is 34.8. The average Bonchev–Trinajstić information content (AvgIpc) is 2.89. The summed E-state index contributed by atoms with van der Waals surface area (Å²) in [5.41, 5.74) is 10.5. The number of hydrazine groups is 1. The van der Waals surface area contributed by atoms with E-state index >= 15 is 0 Å². The predicted molar refractivity (Wildman–Crippen MR) is 90.8 cm³/mol. The quantitative estimate of drug-likeness (QED) is 0.320. The molecule has 5 N–H and O–H groups in total. The van der Waals surface area contributed by atoms with Gasteiger partial charge in [-0.1, -0.05) is 6.07 Å². The normalized spacial score (nSPS) is 22.7. The largest absolute Gasteiger partial charge is 0.418 e. The van der Waals surface area contributed by atoms with Crippen LogP contribution in [0.5, 0.6) is 0 Å². The number of piperidine rings is 1. The molecule has 4 amide bonds. The van der Waals surface area contributed by atoms with Crippen LogP contribution in [0, 0.1) is 0 Å². The van der Waals surface area contributed by atoms with Gasteiger partial charge in [-0.15, -0.1) is 4.28 Å². The van der Waals surface area contributed by atoms with E-state index in [-0.39, 0.29) is 19.4 Å². The van der Waals surface area contributed by atoms with Crippen LogP contribution >= 0.6 is 0 Å². The molecule has 2 saturated heterocycles. The van der Waals surface area contributed by atoms with Crippen molar-refractivity contribution in [3.63, 3.8) is 0 Å². The van der Waals surface area contributed by atoms with Crippen molar-refractivity contribution in [2.45, 2.75) is 31.0 Å². The minimum absolute atomic E-state index is 0.0356. The maximum absolute atomic E-state index is 12.4. The first kappa shape index (κ1) is 19.9. The summed E-state index contributed by atoms with van der Waals surface area (Å²) in [6.07, 6.45) is 1.94. The third-order valence-corrected chi connectivity index (χ3v) is 4.75. The van der Waals surface area contributed by atoms with Crippen LogP contribution in [0.25, 0.3) is 0 Å². The Morgan fingerprint density at radius 3 is 2.71 bits per heavy atom. The molecule has 0 aromatic carbocycles. The summed E-state index contributed by atoms with van der Waals surface area (Å²) in [5, 5.41) is 0.526. The average molecular weight is 414 g/mol. The molecule has 0 radical (unpaired) electrons. The number of nitrogens with one attached hydrogen (secondary N) is 2. The SMILES string of the molecule is NC(C(=O)NNC(=O)C1CCC2CN1C(=O)N2OS(=O)(=O)O)c1ccccn1. The van der Waals surface area contributed by atoms with Crippen molar-refractivity contribution in [1.82, 2.24) is 25.8 Å². The Bertz CT molecular complexity index is 879. The lowest BCUT2D eigenvalue weighted by molar-refractivity contribution is -0.132. The number of hydrogen-bond donors (Lipinski definition) is 4. The summed E-state index contributed by atoms with van der Waals surface area (Å²) in [6, 6.07) is 1.32. The Hall–Kier alpha value is -2.81. The van der Waals surface area contributed by atoms with E-state index in [9.17, 15) is 22.8 Å². The van der Waals surface area contributed by atoms with Crippen LogP contribution < -0.4 is 16.6 Å². The third-order valence-electron chi connectivity index (χ3n) is 4.40. The molecule has 1 aromatic heterocycles. The third kappa shape index (κ3) is 4.19. The maximum atomic E-state index is 12.4. The van der Waals surface area contributed by atoms with Crippen molar-refractivity contribution >= 4 is 28.2 Å². The summed E-state index contributed by atoms with van der Waals surface area (Å²) in [4.78, 5) is 41.8. The molecule has 0 spiro atoms. The molecule has 28 heavy (non-hydrogen) atoms. The monoisotopic (exact) mass is 414 g/mol. The zero-order valence-electron chi connectivity index (χ0n) is 14.4. The van der Waals surface area contributed by atoms with Gasteiger partial charge in [-0.3, -0.25) is 30.0 Å². The van der Waals surface area contributed by atoms with Crippen LogP contribution in [-0.2, 0) is 24.3 Å². The van der Waals surface area contributed by atoms with E-state index in [0.29, 0.717) is 10.8 Å². The summed E-state index contributed by atoms with van der Waals surface area (Å²) in [7, 11) is -4.87. The lowest BCUT2D eigenvalue weighted by atomic mass is 10.0. The molecule has 3 atom stereocenters. The van der Waals surface area contributed by atoms with Gasteiger partial charge >= 0.3 is 16.4 Å². The molecule has 2 fully saturated rings. The van der Waals surface area contributed by atoms with Crippen LogP contribution in [0.4, 0.5) is 4.79 Å². The number of pyridine rings is 1. The fourth-order valence-electron chi connectivity index (χ4n) is 3.08. The molecule has 3 rings (SSSR count). The molecule has 1 aromatic rings. The number of hydrogen-bond acceptors (Lipinski definition) is 8. The Morgan fingerprint density at radius 1 is 1.32 bits per heavy atom. The van der Waals surface area contributed by atoms with Gasteiger partial charge in [-0.05, 0) is 25.0 Å². The van der Waals surface area contributed by atoms with Gasteiger partial charge in [0.05, 0.1) is 11.7 Å². The van der Waals surface area contributed by atoms with Crippen molar-refractivity contribution in [2.24, 2.45) is 5.73 Å². The van der Waals surface area contributed by atoms with Crippen molar-refractivity contribution < 1.29 is 31.6 Å². The number of amides is 4. The van der Waals surface area contributed by atoms with Crippen molar-refractivity contribution in [1.29, 1.82) is 0 Å². The predicted octanol–water partition coefficient (Wildman–Crippen LogP) is -1.77. The smallest absolute Gasteiger partial charge is 0.315 e. The Kier molecular flexibility index (Phi) is 5.46. The Morgan fingerprint density at radius 2 is 2.07 bits per heavy atom. The summed E-state index contributed by atoms with van der Waals surface area (Å²) in [5.74, 6) is -1.38. The van der Waals surface area contributed by atoms with Gasteiger partial charge in [0.1, 0.15) is 12.1 Å². The first-order chi connectivity index (χ1) is 13.2. The maximum Gasteiger partial charge on any atom is 0.418 e. The van der Waals surface area contributed by atoms with Crippen LogP contribution in [-0.4, -0.2) is 64.4 Å². The molecule has 13 nitrogen and oxygen atoms in total. The number of nitrogens with zero attached hydrogens (tertiary/aromatic N) is 3. The number of carbonyl (C=O) groups excluding carboxylic acids is 3. The van der Waals surface area contributed by atoms with Crippen LogP contribution in [0.2, 0.25) is 0 Å². The first-order valence-electron chi connectivity index (χ1n) is 8.20. The Balaban J connectivity index is 1.58. The van der Waals surface area contributed by atoms with E-state index in [4.69, 9.17) is 10.3 Å². The number of aromatic nitrogens is 1. The molecule has 0 saturated carbocycles. The number of carbonyl (C=O) groups is 3. The fourth-order valence-corrected chi connectivity index (χ4v) is 3.47. The van der Waals surface area contributed by atoms with E-state index < -0.39 is 46.4 Å². The zero-order valence-corrected chi connectivity index (χ0v) is 15.2. The lowest BCUT2D eigenvalue weighted by Crippen LogP contribution is -2.55. The first-order valence-corrected chi connectivity index (χ1v) is 9.57. The van der Waals surface area contributed by atoms with Crippen LogP contribution in [0.15, 0.2) is 24.4 Å². The molecule has 152 valence electrons. The van der Waals surface area contributed by atoms with Gasteiger partial charge < -0.3 is 10.6 Å².